The summed E-state index contributed by atoms with van der Waals surface area (Å²) in [5.74, 6) is 0. The third-order valence-electron chi connectivity index (χ3n) is 1.82. The maximum absolute atomic E-state index is 10.8. The van der Waals surface area contributed by atoms with Crippen molar-refractivity contribution in [1.82, 2.24) is 0 Å². The van der Waals surface area contributed by atoms with Gasteiger partial charge in [0.15, 0.2) is 5.11 Å². The molecule has 8 heteroatoms. The Balaban J connectivity index is 3.44. The molecule has 1 rings (SSSR count). The van der Waals surface area contributed by atoms with E-state index >= 15 is 0 Å². The Labute approximate surface area is 114 Å². The monoisotopic (exact) mass is 367 g/mol. The first-order chi connectivity index (χ1) is 7.34. The summed E-state index contributed by atoms with van der Waals surface area (Å²) in [4.78, 5) is 10.4. The summed E-state index contributed by atoms with van der Waals surface area (Å²) in [5.41, 5.74) is 6.57. The summed E-state index contributed by atoms with van der Waals surface area (Å²) >= 11 is 11.0. The van der Waals surface area contributed by atoms with Gasteiger partial charge >= 0.3 is 0 Å². The standard InChI is InChI=1S/C8H7Br2N3O2S/c1-3-2-4(9)7(13(14)15)5(10)6(3)12-8(11)16/h2H,1H3,(H3,11,12,16). The van der Waals surface area contributed by atoms with E-state index in [0.717, 1.165) is 5.56 Å². The van der Waals surface area contributed by atoms with Gasteiger partial charge in [-0.25, -0.2) is 0 Å². The van der Waals surface area contributed by atoms with Gasteiger partial charge in [0.1, 0.15) is 4.47 Å². The zero-order chi connectivity index (χ0) is 12.5. The lowest BCUT2D eigenvalue weighted by Gasteiger charge is -2.11. The van der Waals surface area contributed by atoms with Gasteiger partial charge in [-0.1, -0.05) is 0 Å². The fourth-order valence-corrected chi connectivity index (χ4v) is 3.00. The molecule has 16 heavy (non-hydrogen) atoms. The number of nitro benzene ring substituents is 1. The zero-order valence-corrected chi connectivity index (χ0v) is 12.1. The molecular weight excluding hydrogens is 362 g/mol. The molecule has 0 amide bonds. The summed E-state index contributed by atoms with van der Waals surface area (Å²) in [6, 6.07) is 1.63. The van der Waals surface area contributed by atoms with Crippen LogP contribution in [0.15, 0.2) is 15.0 Å². The Morgan fingerprint density at radius 3 is 2.62 bits per heavy atom. The number of hydrogen-bond donors (Lipinski definition) is 2. The van der Waals surface area contributed by atoms with Crippen LogP contribution in [0, 0.1) is 17.0 Å². The van der Waals surface area contributed by atoms with E-state index < -0.39 is 4.92 Å². The van der Waals surface area contributed by atoms with Crippen LogP contribution >= 0.6 is 44.1 Å². The predicted octanol–water partition coefficient (Wildman–Crippen LogP) is 3.08. The van der Waals surface area contributed by atoms with Crippen molar-refractivity contribution in [1.29, 1.82) is 0 Å². The molecule has 0 fully saturated rings. The van der Waals surface area contributed by atoms with Gasteiger partial charge in [0.25, 0.3) is 5.69 Å². The molecule has 0 aromatic heterocycles. The van der Waals surface area contributed by atoms with Crippen LogP contribution in [-0.4, -0.2) is 10.0 Å². The number of aryl methyl sites for hydroxylation is 1. The van der Waals surface area contributed by atoms with Crippen molar-refractivity contribution in [3.05, 3.63) is 30.7 Å². The van der Waals surface area contributed by atoms with Crippen LogP contribution < -0.4 is 11.1 Å². The summed E-state index contributed by atoms with van der Waals surface area (Å²) in [5, 5.41) is 13.6. The molecular formula is C8H7Br2N3O2S. The highest BCUT2D eigenvalue weighted by molar-refractivity contribution is 9.11. The van der Waals surface area contributed by atoms with Crippen LogP contribution in [0.5, 0.6) is 0 Å². The van der Waals surface area contributed by atoms with Crippen LogP contribution in [0.25, 0.3) is 0 Å². The molecule has 0 saturated heterocycles. The Morgan fingerprint density at radius 2 is 2.19 bits per heavy atom. The Bertz CT molecular complexity index is 479. The fraction of sp³-hybridized carbons (Fsp3) is 0.125. The minimum atomic E-state index is -0.488. The average molecular weight is 369 g/mol. The molecule has 0 aliphatic heterocycles. The Morgan fingerprint density at radius 1 is 1.62 bits per heavy atom. The first-order valence-corrected chi connectivity index (χ1v) is 6.03. The molecule has 0 radical (unpaired) electrons. The van der Waals surface area contributed by atoms with Crippen molar-refractivity contribution in [2.24, 2.45) is 5.73 Å². The molecule has 3 N–H and O–H groups in total. The Hall–Kier alpha value is -0.730. The molecule has 0 unspecified atom stereocenters. The van der Waals surface area contributed by atoms with Gasteiger partial charge in [0.05, 0.1) is 15.1 Å². The lowest BCUT2D eigenvalue weighted by atomic mass is 10.2. The topological polar surface area (TPSA) is 81.2 Å². The fourth-order valence-electron chi connectivity index (χ4n) is 1.17. The second kappa shape index (κ2) is 5.07. The number of thiocarbonyl (C=S) groups is 1. The molecule has 0 bridgehead atoms. The summed E-state index contributed by atoms with van der Waals surface area (Å²) in [6.07, 6.45) is 0. The van der Waals surface area contributed by atoms with E-state index in [9.17, 15) is 10.1 Å². The van der Waals surface area contributed by atoms with Gasteiger partial charge < -0.3 is 11.1 Å². The van der Waals surface area contributed by atoms with Crippen LogP contribution in [0.4, 0.5) is 11.4 Å². The van der Waals surface area contributed by atoms with Crippen LogP contribution in [0.3, 0.4) is 0 Å². The van der Waals surface area contributed by atoms with Crippen LogP contribution in [0.2, 0.25) is 0 Å². The molecule has 86 valence electrons. The van der Waals surface area contributed by atoms with E-state index in [-0.39, 0.29) is 10.8 Å². The van der Waals surface area contributed by atoms with Gasteiger partial charge in [-0.3, -0.25) is 10.1 Å². The largest absolute Gasteiger partial charge is 0.376 e. The summed E-state index contributed by atoms with van der Waals surface area (Å²) in [7, 11) is 0. The van der Waals surface area contributed by atoms with Crippen molar-refractivity contribution in [3.63, 3.8) is 0 Å². The molecule has 1 aromatic rings. The Kier molecular flexibility index (Phi) is 4.22. The highest BCUT2D eigenvalue weighted by atomic mass is 79.9. The van der Waals surface area contributed by atoms with E-state index in [1.54, 1.807) is 13.0 Å². The molecule has 0 atom stereocenters. The number of anilines is 1. The highest BCUT2D eigenvalue weighted by Crippen LogP contribution is 2.40. The third-order valence-corrected chi connectivity index (χ3v) is 3.30. The molecule has 0 spiro atoms. The summed E-state index contributed by atoms with van der Waals surface area (Å²) in [6.45, 7) is 1.79. The molecule has 1 aromatic carbocycles. The van der Waals surface area contributed by atoms with Crippen molar-refractivity contribution in [2.75, 3.05) is 5.32 Å². The third kappa shape index (κ3) is 2.69. The van der Waals surface area contributed by atoms with E-state index in [1.165, 1.54) is 0 Å². The van der Waals surface area contributed by atoms with Gasteiger partial charge in [-0.15, -0.1) is 0 Å². The molecule has 0 aliphatic rings. The molecule has 0 saturated carbocycles. The van der Waals surface area contributed by atoms with Crippen LogP contribution in [-0.2, 0) is 0 Å². The van der Waals surface area contributed by atoms with E-state index in [0.29, 0.717) is 14.6 Å². The minimum Gasteiger partial charge on any atom is -0.376 e. The second-order valence-electron chi connectivity index (χ2n) is 2.96. The quantitative estimate of drug-likeness (QED) is 0.476. The maximum Gasteiger partial charge on any atom is 0.299 e. The SMILES string of the molecule is Cc1cc(Br)c([N+](=O)[O-])c(Br)c1NC(N)=S. The first kappa shape index (κ1) is 13.3. The van der Waals surface area contributed by atoms with E-state index in [1.807, 2.05) is 0 Å². The van der Waals surface area contributed by atoms with E-state index in [2.05, 4.69) is 37.2 Å². The number of nitro groups is 1. The molecule has 0 aliphatic carbocycles. The van der Waals surface area contributed by atoms with Gasteiger partial charge in [-0.05, 0) is 62.6 Å². The lowest BCUT2D eigenvalue weighted by molar-refractivity contribution is -0.386. The van der Waals surface area contributed by atoms with Gasteiger partial charge in [0, 0.05) is 0 Å². The number of nitrogens with zero attached hydrogens (tertiary/aromatic N) is 1. The predicted molar refractivity (Wildman–Crippen MR) is 73.6 cm³/mol. The molecule has 0 heterocycles. The van der Waals surface area contributed by atoms with Crippen molar-refractivity contribution in [2.45, 2.75) is 6.92 Å². The number of benzene rings is 1. The highest BCUT2D eigenvalue weighted by Gasteiger charge is 2.22. The van der Waals surface area contributed by atoms with Crippen molar-refractivity contribution < 1.29 is 4.92 Å². The average Bonchev–Trinajstić information content (AvgIpc) is 2.10. The van der Waals surface area contributed by atoms with Crippen molar-refractivity contribution >= 4 is 60.6 Å². The zero-order valence-electron chi connectivity index (χ0n) is 8.08. The van der Waals surface area contributed by atoms with Crippen LogP contribution in [0.1, 0.15) is 5.56 Å². The maximum atomic E-state index is 10.8. The van der Waals surface area contributed by atoms with E-state index in [4.69, 9.17) is 18.0 Å². The van der Waals surface area contributed by atoms with Gasteiger partial charge in [0.2, 0.25) is 0 Å². The number of rotatable bonds is 2. The number of halogens is 2. The first-order valence-electron chi connectivity index (χ1n) is 4.04. The van der Waals surface area contributed by atoms with Gasteiger partial charge in [-0.2, -0.15) is 0 Å². The number of hydrogen-bond acceptors (Lipinski definition) is 3. The number of nitrogens with one attached hydrogen (secondary N) is 1. The minimum absolute atomic E-state index is 0.0559. The second-order valence-corrected chi connectivity index (χ2v) is 5.05. The smallest absolute Gasteiger partial charge is 0.299 e. The normalized spacial score (nSPS) is 9.94. The van der Waals surface area contributed by atoms with Crippen molar-refractivity contribution in [3.8, 4) is 0 Å². The molecule has 5 nitrogen and oxygen atoms in total. The lowest BCUT2D eigenvalue weighted by Crippen LogP contribution is -2.20. The number of nitrogens with two attached hydrogens (primary N) is 1. The summed E-state index contributed by atoms with van der Waals surface area (Å²) < 4.78 is 0.715.